The molecular formula is C50H92NO9P. The first kappa shape index (κ1) is 58.9. The molecule has 0 aliphatic carbocycles. The molecule has 0 aromatic rings. The zero-order valence-corrected chi connectivity index (χ0v) is 40.6. The van der Waals surface area contributed by atoms with Gasteiger partial charge in [-0.2, -0.15) is 0 Å². The summed E-state index contributed by atoms with van der Waals surface area (Å²) in [7, 11) is 1.11. The Labute approximate surface area is 374 Å². The predicted molar refractivity (Wildman–Crippen MR) is 251 cm³/mol. The summed E-state index contributed by atoms with van der Waals surface area (Å²) in [6, 6.07) is 0. The van der Waals surface area contributed by atoms with Crippen LogP contribution in [-0.2, 0) is 32.7 Å². The van der Waals surface area contributed by atoms with Crippen molar-refractivity contribution in [3.05, 3.63) is 48.6 Å². The SMILES string of the molecule is CCCCCCCCCCCCCCCCCCCCCC(=O)OC[C@H](COP(=O)([O-])OCC[N+](C)(C)C)OC(=O)CCC/C=C\C/C=C\C/C=C\C/C=C\CC(O)CCC. The lowest BCUT2D eigenvalue weighted by atomic mass is 10.0. The van der Waals surface area contributed by atoms with Crippen LogP contribution in [0.15, 0.2) is 48.6 Å². The van der Waals surface area contributed by atoms with E-state index in [9.17, 15) is 24.2 Å². The lowest BCUT2D eigenvalue weighted by Crippen LogP contribution is -2.37. The summed E-state index contributed by atoms with van der Waals surface area (Å²) in [5.74, 6) is -0.915. The van der Waals surface area contributed by atoms with Crippen molar-refractivity contribution < 1.29 is 47.2 Å². The van der Waals surface area contributed by atoms with Gasteiger partial charge in [0.1, 0.15) is 19.8 Å². The lowest BCUT2D eigenvalue weighted by molar-refractivity contribution is -0.870. The van der Waals surface area contributed by atoms with Crippen molar-refractivity contribution in [3.8, 4) is 0 Å². The summed E-state index contributed by atoms with van der Waals surface area (Å²) in [5, 5.41) is 9.75. The maximum absolute atomic E-state index is 12.7. The number of phosphoric ester groups is 1. The Hall–Kier alpha value is -2.07. The molecule has 0 radical (unpaired) electrons. The first-order valence-electron chi connectivity index (χ1n) is 24.4. The predicted octanol–water partition coefficient (Wildman–Crippen LogP) is 12.6. The summed E-state index contributed by atoms with van der Waals surface area (Å²) in [6.07, 6.45) is 46.4. The molecule has 11 heteroatoms. The molecule has 10 nitrogen and oxygen atoms in total. The molecule has 356 valence electrons. The Morgan fingerprint density at radius 3 is 1.54 bits per heavy atom. The minimum Gasteiger partial charge on any atom is -0.756 e. The van der Waals surface area contributed by atoms with E-state index in [0.717, 1.165) is 51.4 Å². The van der Waals surface area contributed by atoms with Gasteiger partial charge in [0.05, 0.1) is 33.9 Å². The van der Waals surface area contributed by atoms with Crippen LogP contribution in [0.1, 0.15) is 200 Å². The van der Waals surface area contributed by atoms with Gasteiger partial charge in [-0.1, -0.05) is 184 Å². The minimum absolute atomic E-state index is 0.0479. The third kappa shape index (κ3) is 45.8. The highest BCUT2D eigenvalue weighted by Gasteiger charge is 2.21. The number of phosphoric acid groups is 1. The van der Waals surface area contributed by atoms with Gasteiger partial charge in [0.25, 0.3) is 7.82 Å². The van der Waals surface area contributed by atoms with Gasteiger partial charge in [0.15, 0.2) is 6.10 Å². The topological polar surface area (TPSA) is 131 Å². The standard InChI is InChI=1S/C50H92NO9P/c1-6-8-9-10-11-12-13-14-15-16-17-18-19-22-25-28-31-34-37-41-49(53)57-45-48(46-59-61(55,56)58-44-43-51(3,4)5)60-50(54)42-38-35-32-29-26-23-20-21-24-27-30-33-36-40-47(52)39-7-2/h20,23-24,27,29,32-33,36,47-48,52H,6-19,21-22,25-26,28,30-31,34-35,37-46H2,1-5H3/b23-20-,27-24-,32-29-,36-33-/t47?,48-/m1/s1. The molecule has 0 saturated carbocycles. The molecular weight excluding hydrogens is 790 g/mol. The van der Waals surface area contributed by atoms with E-state index in [2.05, 4.69) is 50.3 Å². The van der Waals surface area contributed by atoms with E-state index in [1.807, 2.05) is 33.3 Å². The summed E-state index contributed by atoms with van der Waals surface area (Å²) >= 11 is 0. The van der Waals surface area contributed by atoms with Crippen molar-refractivity contribution >= 4 is 19.8 Å². The monoisotopic (exact) mass is 882 g/mol. The molecule has 0 saturated heterocycles. The quantitative estimate of drug-likeness (QED) is 0.0209. The van der Waals surface area contributed by atoms with Crippen LogP contribution in [0.5, 0.6) is 0 Å². The number of hydrogen-bond donors (Lipinski definition) is 1. The first-order valence-corrected chi connectivity index (χ1v) is 25.9. The number of carbonyl (C=O) groups excluding carboxylic acids is 2. The Balaban J connectivity index is 4.37. The number of hydrogen-bond acceptors (Lipinski definition) is 9. The number of ether oxygens (including phenoxy) is 2. The van der Waals surface area contributed by atoms with E-state index in [1.165, 1.54) is 103 Å². The van der Waals surface area contributed by atoms with Crippen molar-refractivity contribution in [1.29, 1.82) is 0 Å². The minimum atomic E-state index is -4.65. The van der Waals surface area contributed by atoms with E-state index in [4.69, 9.17) is 18.5 Å². The number of quaternary nitrogens is 1. The molecule has 0 aliphatic rings. The second-order valence-electron chi connectivity index (χ2n) is 17.7. The molecule has 1 N–H and O–H groups in total. The van der Waals surface area contributed by atoms with Crippen molar-refractivity contribution in [2.45, 2.75) is 212 Å². The highest BCUT2D eigenvalue weighted by molar-refractivity contribution is 7.45. The molecule has 2 unspecified atom stereocenters. The van der Waals surface area contributed by atoms with Gasteiger partial charge in [-0.05, 0) is 51.4 Å². The Bertz CT molecular complexity index is 1200. The van der Waals surface area contributed by atoms with Crippen LogP contribution in [0.4, 0.5) is 0 Å². The molecule has 0 aliphatic heterocycles. The third-order valence-corrected chi connectivity index (χ3v) is 11.4. The summed E-state index contributed by atoms with van der Waals surface area (Å²) in [5.41, 5.74) is 0. The van der Waals surface area contributed by atoms with Gasteiger partial charge in [-0.3, -0.25) is 14.2 Å². The van der Waals surface area contributed by atoms with Gasteiger partial charge in [0, 0.05) is 12.8 Å². The van der Waals surface area contributed by atoms with E-state index >= 15 is 0 Å². The molecule has 0 aromatic carbocycles. The number of esters is 2. The van der Waals surface area contributed by atoms with Gasteiger partial charge < -0.3 is 33.0 Å². The van der Waals surface area contributed by atoms with Crippen LogP contribution in [0.25, 0.3) is 0 Å². The summed E-state index contributed by atoms with van der Waals surface area (Å²) < 4.78 is 33.9. The van der Waals surface area contributed by atoms with Crippen molar-refractivity contribution in [3.63, 3.8) is 0 Å². The van der Waals surface area contributed by atoms with Crippen molar-refractivity contribution in [2.24, 2.45) is 0 Å². The van der Waals surface area contributed by atoms with E-state index < -0.39 is 32.5 Å². The fraction of sp³-hybridized carbons (Fsp3) is 0.800. The van der Waals surface area contributed by atoms with E-state index in [0.29, 0.717) is 30.3 Å². The van der Waals surface area contributed by atoms with Crippen LogP contribution in [0.3, 0.4) is 0 Å². The number of carbonyl (C=O) groups is 2. The van der Waals surface area contributed by atoms with Crippen LogP contribution >= 0.6 is 7.82 Å². The summed E-state index contributed by atoms with van der Waals surface area (Å²) in [6.45, 7) is 3.97. The number of aliphatic hydroxyl groups excluding tert-OH is 1. The van der Waals surface area contributed by atoms with E-state index in [-0.39, 0.29) is 32.2 Å². The molecule has 0 amide bonds. The maximum atomic E-state index is 12.7. The molecule has 3 atom stereocenters. The third-order valence-electron chi connectivity index (χ3n) is 10.4. The fourth-order valence-corrected chi connectivity index (χ4v) is 7.33. The van der Waals surface area contributed by atoms with Gasteiger partial charge in [0.2, 0.25) is 0 Å². The smallest absolute Gasteiger partial charge is 0.306 e. The molecule has 0 heterocycles. The molecule has 0 spiro atoms. The molecule has 0 rings (SSSR count). The largest absolute Gasteiger partial charge is 0.756 e. The maximum Gasteiger partial charge on any atom is 0.306 e. The number of unbranched alkanes of at least 4 members (excludes halogenated alkanes) is 19. The van der Waals surface area contributed by atoms with Crippen LogP contribution in [-0.4, -0.2) is 81.2 Å². The zero-order valence-electron chi connectivity index (χ0n) is 39.7. The zero-order chi connectivity index (χ0) is 45.1. The first-order chi connectivity index (χ1) is 29.4. The van der Waals surface area contributed by atoms with Gasteiger partial charge in [-0.15, -0.1) is 0 Å². The van der Waals surface area contributed by atoms with Crippen LogP contribution in [0.2, 0.25) is 0 Å². The lowest BCUT2D eigenvalue weighted by Gasteiger charge is -2.28. The Morgan fingerprint density at radius 2 is 1.05 bits per heavy atom. The molecule has 0 fully saturated rings. The van der Waals surface area contributed by atoms with Gasteiger partial charge >= 0.3 is 11.9 Å². The number of likely N-dealkylation sites (N-methyl/N-ethyl adjacent to an activating group) is 1. The number of aliphatic hydroxyl groups is 1. The van der Waals surface area contributed by atoms with Crippen molar-refractivity contribution in [2.75, 3.05) is 47.5 Å². The second kappa shape index (κ2) is 41.9. The van der Waals surface area contributed by atoms with Crippen LogP contribution < -0.4 is 4.89 Å². The molecule has 0 bridgehead atoms. The van der Waals surface area contributed by atoms with E-state index in [1.54, 1.807) is 0 Å². The van der Waals surface area contributed by atoms with Crippen LogP contribution in [0, 0.1) is 0 Å². The second-order valence-corrected chi connectivity index (χ2v) is 19.1. The number of rotatable bonds is 44. The molecule has 61 heavy (non-hydrogen) atoms. The highest BCUT2D eigenvalue weighted by atomic mass is 31.2. The number of nitrogens with zero attached hydrogens (tertiary/aromatic N) is 1. The summed E-state index contributed by atoms with van der Waals surface area (Å²) in [4.78, 5) is 37.6. The normalized spacial score (nSPS) is 14.4. The fourth-order valence-electron chi connectivity index (χ4n) is 6.60. The van der Waals surface area contributed by atoms with Gasteiger partial charge in [-0.25, -0.2) is 0 Å². The highest BCUT2D eigenvalue weighted by Crippen LogP contribution is 2.38. The Morgan fingerprint density at radius 1 is 0.590 bits per heavy atom. The number of allylic oxidation sites excluding steroid dienone is 7. The van der Waals surface area contributed by atoms with Crippen molar-refractivity contribution in [1.82, 2.24) is 0 Å². The average molecular weight is 882 g/mol. The average Bonchev–Trinajstić information content (AvgIpc) is 3.20. The Kier molecular flexibility index (Phi) is 40.5. The molecule has 0 aromatic heterocycles.